The van der Waals surface area contributed by atoms with Crippen LogP contribution < -0.4 is 21.2 Å². The monoisotopic (exact) mass is 632 g/mol. The van der Waals surface area contributed by atoms with Crippen LogP contribution in [0.25, 0.3) is 0 Å². The van der Waals surface area contributed by atoms with E-state index in [4.69, 9.17) is 28.0 Å². The quantitative estimate of drug-likeness (QED) is 0.0929. The Morgan fingerprint density at radius 2 is 1.02 bits per heavy atom. The van der Waals surface area contributed by atoms with E-state index in [1.807, 2.05) is 0 Å². The Morgan fingerprint density at radius 3 is 1.39 bits per heavy atom. The van der Waals surface area contributed by atoms with Gasteiger partial charge in [0.2, 0.25) is 0 Å². The summed E-state index contributed by atoms with van der Waals surface area (Å²) in [5, 5.41) is 6.27. The van der Waals surface area contributed by atoms with E-state index in [1.165, 1.54) is 26.5 Å². The van der Waals surface area contributed by atoms with Gasteiger partial charge in [0.15, 0.2) is 8.32 Å². The van der Waals surface area contributed by atoms with E-state index in [1.54, 1.807) is 0 Å². The lowest BCUT2D eigenvalue weighted by Gasteiger charge is -2.36. The Kier molecular flexibility index (Phi) is 10.6. The van der Waals surface area contributed by atoms with E-state index in [-0.39, 0.29) is 5.04 Å². The van der Waals surface area contributed by atoms with Gasteiger partial charge in [0.05, 0.1) is 0 Å². The molecule has 0 amide bonds. The molecule has 0 saturated heterocycles. The molecule has 0 atom stereocenters. The molecule has 0 aromatic heterocycles. The molecule has 0 bridgehead atoms. The fourth-order valence-electron chi connectivity index (χ4n) is 4.66. The molecule has 0 N–H and O–H groups in total. The number of rotatable bonds is 11. The van der Waals surface area contributed by atoms with Gasteiger partial charge in [-0.3, -0.25) is 0 Å². The number of hydrogen-bond acceptors (Lipinski definition) is 3. The summed E-state index contributed by atoms with van der Waals surface area (Å²) in [6.07, 6.45) is 1.77. The van der Waals surface area contributed by atoms with Crippen molar-refractivity contribution >= 4 is 65.2 Å². The Hall–Kier alpha value is -1.90. The summed E-state index contributed by atoms with van der Waals surface area (Å²) in [6, 6.07) is 38.0. The minimum absolute atomic E-state index is 0.177. The number of allylic oxidation sites excluding steroid dienone is 1. The Bertz CT molecular complexity index is 1440. The molecule has 0 aliphatic carbocycles. The molecule has 0 aliphatic heterocycles. The first-order valence-corrected chi connectivity index (χ1v) is 22.9. The molecule has 6 heteroatoms. The second-order valence-corrected chi connectivity index (χ2v) is 25.6. The highest BCUT2D eigenvalue weighted by Gasteiger charge is 2.37. The lowest BCUT2D eigenvalue weighted by molar-refractivity contribution is 0.283. The van der Waals surface area contributed by atoms with Crippen LogP contribution in [-0.2, 0) is 28.0 Å². The van der Waals surface area contributed by atoms with Crippen molar-refractivity contribution in [3.05, 3.63) is 132 Å². The van der Waals surface area contributed by atoms with Crippen LogP contribution in [0.15, 0.2) is 132 Å². The fourth-order valence-corrected chi connectivity index (χ4v) is 14.7. The summed E-state index contributed by atoms with van der Waals surface area (Å²) in [5.41, 5.74) is 0. The molecule has 0 spiro atoms. The van der Waals surface area contributed by atoms with Crippen LogP contribution in [-0.4, -0.2) is 14.9 Å². The molecule has 214 valence electrons. The average Bonchev–Trinajstić information content (AvgIpc) is 2.99. The topological polar surface area (TPSA) is 9.23 Å². The van der Waals surface area contributed by atoms with Crippen LogP contribution in [0.1, 0.15) is 33.6 Å². The van der Waals surface area contributed by atoms with E-state index >= 15 is 0 Å². The summed E-state index contributed by atoms with van der Waals surface area (Å²) in [4.78, 5) is 0. The second kappa shape index (κ2) is 13.6. The van der Waals surface area contributed by atoms with Crippen molar-refractivity contribution in [3.63, 3.8) is 0 Å². The van der Waals surface area contributed by atoms with Crippen LogP contribution in [0.3, 0.4) is 0 Å². The first-order chi connectivity index (χ1) is 19.5. The van der Waals surface area contributed by atoms with E-state index in [9.17, 15) is 0 Å². The van der Waals surface area contributed by atoms with E-state index < -0.39 is 20.4 Å². The highest BCUT2D eigenvalue weighted by atomic mass is 32.4. The van der Waals surface area contributed by atoms with Crippen molar-refractivity contribution in [2.24, 2.45) is 0 Å². The summed E-state index contributed by atoms with van der Waals surface area (Å²) in [5.74, 6) is 2.44. The molecule has 0 aliphatic rings. The summed E-state index contributed by atoms with van der Waals surface area (Å²) < 4.78 is 6.64. The third kappa shape index (κ3) is 7.37. The maximum Gasteiger partial charge on any atom is 0.191 e. The van der Waals surface area contributed by atoms with Gasteiger partial charge in [-0.2, -0.15) is 0 Å². The van der Waals surface area contributed by atoms with E-state index in [2.05, 4.69) is 161 Å². The van der Waals surface area contributed by atoms with Crippen molar-refractivity contribution in [1.29, 1.82) is 0 Å². The summed E-state index contributed by atoms with van der Waals surface area (Å²) in [6.45, 7) is 12.3. The lowest BCUT2D eigenvalue weighted by atomic mass is 10.2. The number of benzene rings is 4. The van der Waals surface area contributed by atoms with Crippen LogP contribution in [0.5, 0.6) is 0 Å². The lowest BCUT2D eigenvalue weighted by Crippen LogP contribution is -2.40. The van der Waals surface area contributed by atoms with Crippen molar-refractivity contribution < 1.29 is 4.43 Å². The Morgan fingerprint density at radius 1 is 0.659 bits per heavy atom. The smallest absolute Gasteiger partial charge is 0.191 e. The van der Waals surface area contributed by atoms with E-state index in [0.29, 0.717) is 0 Å². The molecule has 0 saturated carbocycles. The van der Waals surface area contributed by atoms with Gasteiger partial charge in [0, 0.05) is 18.7 Å². The predicted octanol–water partition coefficient (Wildman–Crippen LogP) is 8.89. The molecular formula is C35H42OP2S2Si. The first kappa shape index (κ1) is 32.0. The predicted molar refractivity (Wildman–Crippen MR) is 193 cm³/mol. The minimum atomic E-state index is -2.37. The molecule has 0 heterocycles. The van der Waals surface area contributed by atoms with Gasteiger partial charge in [-0.1, -0.05) is 166 Å². The SMILES string of the molecule is CC(C)(C)[Si](C)(C)OCCC/C(=C\P(=S)(c1ccccc1)c1ccccc1)P(=S)(c1ccccc1)c1ccccc1. The molecule has 0 unspecified atom stereocenters. The first-order valence-electron chi connectivity index (χ1n) is 14.3. The average molecular weight is 633 g/mol. The molecule has 4 aromatic carbocycles. The molecule has 0 fully saturated rings. The molecule has 1 nitrogen and oxygen atoms in total. The van der Waals surface area contributed by atoms with Gasteiger partial charge in [0.1, 0.15) is 0 Å². The number of hydrogen-bond donors (Lipinski definition) is 0. The van der Waals surface area contributed by atoms with Crippen molar-refractivity contribution in [1.82, 2.24) is 0 Å². The molecular weight excluding hydrogens is 591 g/mol. The summed E-state index contributed by atoms with van der Waals surface area (Å²) >= 11 is 13.6. The van der Waals surface area contributed by atoms with Gasteiger partial charge in [-0.05, 0) is 63.3 Å². The van der Waals surface area contributed by atoms with E-state index in [0.717, 1.165) is 19.4 Å². The maximum atomic E-state index is 6.89. The van der Waals surface area contributed by atoms with Gasteiger partial charge in [0.25, 0.3) is 0 Å². The highest BCUT2D eigenvalue weighted by molar-refractivity contribution is 8.25. The Balaban J connectivity index is 1.90. The zero-order valence-electron chi connectivity index (χ0n) is 24.9. The van der Waals surface area contributed by atoms with Crippen LogP contribution in [0, 0.1) is 0 Å². The van der Waals surface area contributed by atoms with Gasteiger partial charge in [-0.25, -0.2) is 0 Å². The van der Waals surface area contributed by atoms with Gasteiger partial charge >= 0.3 is 0 Å². The fraction of sp³-hybridized carbons (Fsp3) is 0.257. The van der Waals surface area contributed by atoms with Crippen molar-refractivity contribution in [3.8, 4) is 0 Å². The second-order valence-electron chi connectivity index (χ2n) is 11.9. The van der Waals surface area contributed by atoms with Gasteiger partial charge in [-0.15, -0.1) is 0 Å². The highest BCUT2D eigenvalue weighted by Crippen LogP contribution is 2.59. The minimum Gasteiger partial charge on any atom is -0.417 e. The third-order valence-corrected chi connectivity index (χ3v) is 22.4. The third-order valence-electron chi connectivity index (χ3n) is 8.10. The normalized spacial score (nSPS) is 13.2. The molecule has 41 heavy (non-hydrogen) atoms. The molecule has 0 radical (unpaired) electrons. The van der Waals surface area contributed by atoms with Crippen LogP contribution in [0.4, 0.5) is 0 Å². The largest absolute Gasteiger partial charge is 0.417 e. The molecule has 4 aromatic rings. The maximum absolute atomic E-state index is 6.89. The van der Waals surface area contributed by atoms with Crippen molar-refractivity contribution in [2.75, 3.05) is 6.61 Å². The van der Waals surface area contributed by atoms with Gasteiger partial charge < -0.3 is 4.43 Å². The zero-order chi connectivity index (χ0) is 29.6. The molecule has 4 rings (SSSR count). The standard InChI is InChI=1S/C35H42OP2S2Si/c1-35(2,3)41(4,5)36-28-18-27-34(38(40,32-23-14-8-15-24-32)33-25-16-9-17-26-33)29-37(39,30-19-10-6-11-20-30)31-21-12-7-13-22-31/h6-17,19-26,29H,18,27-28H2,1-5H3/b34-29+. The zero-order valence-corrected chi connectivity index (χ0v) is 29.3. The summed E-state index contributed by atoms with van der Waals surface area (Å²) in [7, 11) is -1.85. The van der Waals surface area contributed by atoms with Crippen LogP contribution in [0.2, 0.25) is 18.1 Å². The Labute approximate surface area is 259 Å². The van der Waals surface area contributed by atoms with Crippen molar-refractivity contribution in [2.45, 2.75) is 51.7 Å². The van der Waals surface area contributed by atoms with Crippen LogP contribution >= 0.6 is 12.1 Å².